The first-order chi connectivity index (χ1) is 14.1. The molecule has 0 saturated carbocycles. The molecule has 2 heterocycles. The van der Waals surface area contributed by atoms with Gasteiger partial charge in [0.25, 0.3) is 5.91 Å². The van der Waals surface area contributed by atoms with Crippen LogP contribution in [0.3, 0.4) is 0 Å². The molecule has 1 aromatic carbocycles. The summed E-state index contributed by atoms with van der Waals surface area (Å²) in [6, 6.07) is 11.2. The van der Waals surface area contributed by atoms with Crippen molar-refractivity contribution in [3.8, 4) is 0 Å². The molecule has 1 aliphatic heterocycles. The number of carbonyl (C=O) groups excluding carboxylic acids is 2. The summed E-state index contributed by atoms with van der Waals surface area (Å²) >= 11 is 0. The largest absolute Gasteiger partial charge is 0.342 e. The van der Waals surface area contributed by atoms with E-state index in [0.29, 0.717) is 26.2 Å². The summed E-state index contributed by atoms with van der Waals surface area (Å²) in [5, 5.41) is 4.33. The second-order valence-electron chi connectivity index (χ2n) is 7.32. The molecule has 0 N–H and O–H groups in total. The van der Waals surface area contributed by atoms with E-state index < -0.39 is 6.04 Å². The number of amides is 2. The SMILES string of the molecule is CCN(CC)C(=O)CN1CCCN(C(=O)C(c2ccccc2)n2cccn2)CC1. The molecule has 1 aromatic heterocycles. The van der Waals surface area contributed by atoms with E-state index in [9.17, 15) is 9.59 Å². The zero-order valence-corrected chi connectivity index (χ0v) is 17.4. The average Bonchev–Trinajstić information content (AvgIpc) is 3.16. The first-order valence-corrected chi connectivity index (χ1v) is 10.5. The number of aromatic nitrogens is 2. The van der Waals surface area contributed by atoms with Crippen LogP contribution in [0.5, 0.6) is 0 Å². The van der Waals surface area contributed by atoms with Crippen molar-refractivity contribution in [2.24, 2.45) is 0 Å². The second-order valence-corrected chi connectivity index (χ2v) is 7.32. The number of carbonyl (C=O) groups is 2. The Bertz CT molecular complexity index is 774. The molecule has 0 radical (unpaired) electrons. The monoisotopic (exact) mass is 397 g/mol. The molecule has 1 unspecified atom stereocenters. The molecule has 2 amide bonds. The maximum absolute atomic E-state index is 13.5. The number of hydrogen-bond donors (Lipinski definition) is 0. The molecule has 0 aliphatic carbocycles. The molecule has 29 heavy (non-hydrogen) atoms. The predicted octanol–water partition coefficient (Wildman–Crippen LogP) is 1.88. The van der Waals surface area contributed by atoms with Crippen LogP contribution in [0.25, 0.3) is 0 Å². The summed E-state index contributed by atoms with van der Waals surface area (Å²) in [6.07, 6.45) is 4.40. The fraction of sp³-hybridized carbons (Fsp3) is 0.500. The molecule has 0 bridgehead atoms. The van der Waals surface area contributed by atoms with Crippen molar-refractivity contribution in [1.29, 1.82) is 0 Å². The maximum Gasteiger partial charge on any atom is 0.252 e. The minimum atomic E-state index is -0.463. The molecule has 1 fully saturated rings. The van der Waals surface area contributed by atoms with Crippen LogP contribution in [-0.2, 0) is 9.59 Å². The van der Waals surface area contributed by atoms with Crippen LogP contribution < -0.4 is 0 Å². The van der Waals surface area contributed by atoms with E-state index in [0.717, 1.165) is 31.6 Å². The predicted molar refractivity (Wildman–Crippen MR) is 112 cm³/mol. The van der Waals surface area contributed by atoms with Crippen molar-refractivity contribution in [1.82, 2.24) is 24.5 Å². The summed E-state index contributed by atoms with van der Waals surface area (Å²) in [5.74, 6) is 0.213. The Kier molecular flexibility index (Phi) is 7.41. The van der Waals surface area contributed by atoms with Gasteiger partial charge in [0, 0.05) is 51.7 Å². The van der Waals surface area contributed by atoms with Gasteiger partial charge in [0.05, 0.1) is 6.54 Å². The minimum Gasteiger partial charge on any atom is -0.342 e. The lowest BCUT2D eigenvalue weighted by Gasteiger charge is -2.27. The normalized spacial score (nSPS) is 16.3. The van der Waals surface area contributed by atoms with Gasteiger partial charge in [0.15, 0.2) is 6.04 Å². The molecular formula is C22H31N5O2. The average molecular weight is 398 g/mol. The van der Waals surface area contributed by atoms with Crippen molar-refractivity contribution >= 4 is 11.8 Å². The Morgan fingerprint density at radius 1 is 1.03 bits per heavy atom. The van der Waals surface area contributed by atoms with Gasteiger partial charge in [0.2, 0.25) is 5.91 Å². The summed E-state index contributed by atoms with van der Waals surface area (Å²) < 4.78 is 1.73. The van der Waals surface area contributed by atoms with Crippen LogP contribution in [0.2, 0.25) is 0 Å². The van der Waals surface area contributed by atoms with Crippen molar-refractivity contribution in [3.05, 3.63) is 54.4 Å². The van der Waals surface area contributed by atoms with Gasteiger partial charge in [-0.3, -0.25) is 19.2 Å². The third kappa shape index (κ3) is 5.23. The first kappa shape index (κ1) is 21.0. The highest BCUT2D eigenvalue weighted by Crippen LogP contribution is 2.21. The zero-order valence-electron chi connectivity index (χ0n) is 17.4. The smallest absolute Gasteiger partial charge is 0.252 e. The van der Waals surface area contributed by atoms with Crippen LogP contribution in [0.15, 0.2) is 48.8 Å². The highest BCUT2D eigenvalue weighted by Gasteiger charge is 2.29. The van der Waals surface area contributed by atoms with Gasteiger partial charge in [-0.15, -0.1) is 0 Å². The zero-order chi connectivity index (χ0) is 20.6. The van der Waals surface area contributed by atoms with Crippen LogP contribution in [0, 0.1) is 0 Å². The fourth-order valence-corrected chi connectivity index (χ4v) is 3.87. The number of hydrogen-bond acceptors (Lipinski definition) is 4. The highest BCUT2D eigenvalue weighted by molar-refractivity contribution is 5.83. The summed E-state index contributed by atoms with van der Waals surface area (Å²) in [6.45, 7) is 8.74. The Balaban J connectivity index is 1.68. The van der Waals surface area contributed by atoms with Crippen molar-refractivity contribution < 1.29 is 9.59 Å². The van der Waals surface area contributed by atoms with Crippen LogP contribution in [0.1, 0.15) is 31.9 Å². The fourth-order valence-electron chi connectivity index (χ4n) is 3.87. The van der Waals surface area contributed by atoms with Crippen LogP contribution >= 0.6 is 0 Å². The molecular weight excluding hydrogens is 366 g/mol. The molecule has 0 spiro atoms. The Hall–Kier alpha value is -2.67. The van der Waals surface area contributed by atoms with Gasteiger partial charge in [0.1, 0.15) is 0 Å². The quantitative estimate of drug-likeness (QED) is 0.716. The third-order valence-electron chi connectivity index (χ3n) is 5.51. The molecule has 1 aliphatic rings. The van der Waals surface area contributed by atoms with Crippen molar-refractivity contribution in [2.45, 2.75) is 26.3 Å². The summed E-state index contributed by atoms with van der Waals surface area (Å²) in [4.78, 5) is 31.8. The van der Waals surface area contributed by atoms with E-state index in [1.165, 1.54) is 0 Å². The number of nitrogens with zero attached hydrogens (tertiary/aromatic N) is 5. The van der Waals surface area contributed by atoms with E-state index >= 15 is 0 Å². The van der Waals surface area contributed by atoms with Crippen LogP contribution in [0.4, 0.5) is 0 Å². The molecule has 3 rings (SSSR count). The molecule has 7 nitrogen and oxygen atoms in total. The molecule has 1 saturated heterocycles. The lowest BCUT2D eigenvalue weighted by molar-refractivity contribution is -0.133. The molecule has 156 valence electrons. The van der Waals surface area contributed by atoms with Gasteiger partial charge < -0.3 is 9.80 Å². The lowest BCUT2D eigenvalue weighted by Crippen LogP contribution is -2.43. The van der Waals surface area contributed by atoms with E-state index in [-0.39, 0.29) is 11.8 Å². The Labute approximate surface area is 172 Å². The number of rotatable bonds is 7. The van der Waals surface area contributed by atoms with Gasteiger partial charge in [-0.25, -0.2) is 0 Å². The minimum absolute atomic E-state index is 0.0526. The van der Waals surface area contributed by atoms with Gasteiger partial charge in [-0.2, -0.15) is 5.10 Å². The number of likely N-dealkylation sites (N-methyl/N-ethyl adjacent to an activating group) is 1. The Morgan fingerprint density at radius 2 is 1.79 bits per heavy atom. The van der Waals surface area contributed by atoms with Crippen LogP contribution in [-0.4, -0.2) is 82.1 Å². The van der Waals surface area contributed by atoms with E-state index in [1.807, 2.05) is 66.2 Å². The highest BCUT2D eigenvalue weighted by atomic mass is 16.2. The summed E-state index contributed by atoms with van der Waals surface area (Å²) in [5.41, 5.74) is 0.930. The van der Waals surface area contributed by atoms with Crippen molar-refractivity contribution in [2.75, 3.05) is 45.8 Å². The number of benzene rings is 1. The van der Waals surface area contributed by atoms with Gasteiger partial charge >= 0.3 is 0 Å². The van der Waals surface area contributed by atoms with Crippen molar-refractivity contribution in [3.63, 3.8) is 0 Å². The van der Waals surface area contributed by atoms with E-state index in [2.05, 4.69) is 10.00 Å². The Morgan fingerprint density at radius 3 is 2.45 bits per heavy atom. The molecule has 7 heteroatoms. The standard InChI is InChI=1S/C22H31N5O2/c1-3-25(4-2)20(28)18-24-13-9-14-26(17-16-24)22(29)21(27-15-8-12-23-27)19-10-6-5-7-11-19/h5-8,10-12,15,21H,3-4,9,13-14,16-18H2,1-2H3. The topological polar surface area (TPSA) is 61.7 Å². The van der Waals surface area contributed by atoms with Gasteiger partial charge in [-0.05, 0) is 31.9 Å². The molecule has 1 atom stereocenters. The van der Waals surface area contributed by atoms with E-state index in [4.69, 9.17) is 0 Å². The first-order valence-electron chi connectivity index (χ1n) is 10.5. The van der Waals surface area contributed by atoms with E-state index in [1.54, 1.807) is 10.9 Å². The second kappa shape index (κ2) is 10.2. The maximum atomic E-state index is 13.5. The van der Waals surface area contributed by atoms with Gasteiger partial charge in [-0.1, -0.05) is 30.3 Å². The summed E-state index contributed by atoms with van der Waals surface area (Å²) in [7, 11) is 0. The molecule has 2 aromatic rings. The third-order valence-corrected chi connectivity index (χ3v) is 5.51. The lowest BCUT2D eigenvalue weighted by atomic mass is 10.1.